The van der Waals surface area contributed by atoms with Gasteiger partial charge in [0, 0.05) is 24.7 Å². The van der Waals surface area contributed by atoms with E-state index in [1.165, 1.54) is 0 Å². The first-order valence-electron chi connectivity index (χ1n) is 6.01. The van der Waals surface area contributed by atoms with Gasteiger partial charge in [-0.25, -0.2) is 0 Å². The van der Waals surface area contributed by atoms with Crippen LogP contribution in [-0.2, 0) is 13.1 Å². The van der Waals surface area contributed by atoms with Gasteiger partial charge in [-0.2, -0.15) is 0 Å². The minimum atomic E-state index is 0.179. The van der Waals surface area contributed by atoms with E-state index in [9.17, 15) is 0 Å². The first kappa shape index (κ1) is 14.5. The van der Waals surface area contributed by atoms with Gasteiger partial charge in [0.2, 0.25) is 0 Å². The van der Waals surface area contributed by atoms with Crippen LogP contribution >= 0.6 is 11.6 Å². The summed E-state index contributed by atoms with van der Waals surface area (Å²) in [6.45, 7) is 5.24. The summed E-state index contributed by atoms with van der Waals surface area (Å²) in [5.74, 6) is 0. The molecule has 0 aliphatic rings. The van der Waals surface area contributed by atoms with Gasteiger partial charge < -0.3 is 10.8 Å². The highest BCUT2D eigenvalue weighted by Crippen LogP contribution is 2.19. The number of aliphatic hydroxyl groups is 1. The Morgan fingerprint density at radius 2 is 2.12 bits per heavy atom. The van der Waals surface area contributed by atoms with Gasteiger partial charge in [0.15, 0.2) is 0 Å². The fourth-order valence-electron chi connectivity index (χ4n) is 1.81. The topological polar surface area (TPSA) is 49.5 Å². The molecule has 1 aromatic rings. The van der Waals surface area contributed by atoms with Gasteiger partial charge in [0.05, 0.1) is 6.61 Å². The molecule has 0 aliphatic heterocycles. The molecule has 0 amide bonds. The van der Waals surface area contributed by atoms with Crippen molar-refractivity contribution in [2.75, 3.05) is 19.7 Å². The maximum absolute atomic E-state index is 9.00. The summed E-state index contributed by atoms with van der Waals surface area (Å²) >= 11 is 6.21. The quantitative estimate of drug-likeness (QED) is 0.785. The summed E-state index contributed by atoms with van der Waals surface area (Å²) in [7, 11) is 0. The molecule has 3 N–H and O–H groups in total. The van der Waals surface area contributed by atoms with Crippen LogP contribution in [0.15, 0.2) is 18.2 Å². The Morgan fingerprint density at radius 3 is 2.65 bits per heavy atom. The van der Waals surface area contributed by atoms with E-state index in [1.807, 2.05) is 18.2 Å². The predicted molar refractivity (Wildman–Crippen MR) is 72.0 cm³/mol. The Hall–Kier alpha value is -0.610. The summed E-state index contributed by atoms with van der Waals surface area (Å²) in [5.41, 5.74) is 7.70. The van der Waals surface area contributed by atoms with Crippen molar-refractivity contribution in [1.82, 2.24) is 4.90 Å². The first-order valence-corrected chi connectivity index (χ1v) is 6.39. The van der Waals surface area contributed by atoms with Crippen LogP contribution in [0.3, 0.4) is 0 Å². The molecule has 3 nitrogen and oxygen atoms in total. The molecule has 0 atom stereocenters. The molecule has 0 heterocycles. The van der Waals surface area contributed by atoms with E-state index in [1.54, 1.807) is 0 Å². The SMILES string of the molecule is CCCN(CCO)Cc1ccc(CN)cc1Cl. The van der Waals surface area contributed by atoms with E-state index in [4.69, 9.17) is 22.4 Å². The van der Waals surface area contributed by atoms with E-state index < -0.39 is 0 Å². The Balaban J connectivity index is 2.71. The highest BCUT2D eigenvalue weighted by Gasteiger charge is 2.07. The molecule has 1 aromatic carbocycles. The lowest BCUT2D eigenvalue weighted by molar-refractivity contribution is 0.190. The molecule has 0 saturated carbocycles. The number of nitrogens with zero attached hydrogens (tertiary/aromatic N) is 1. The Bertz CT molecular complexity index is 338. The maximum Gasteiger partial charge on any atom is 0.0558 e. The number of nitrogens with two attached hydrogens (primary N) is 1. The Kier molecular flexibility index (Phi) is 6.52. The van der Waals surface area contributed by atoms with Crippen LogP contribution in [0.1, 0.15) is 24.5 Å². The zero-order valence-corrected chi connectivity index (χ0v) is 11.1. The minimum absolute atomic E-state index is 0.179. The number of rotatable bonds is 7. The zero-order valence-electron chi connectivity index (χ0n) is 10.3. The number of benzene rings is 1. The maximum atomic E-state index is 9.00. The second-order valence-corrected chi connectivity index (χ2v) is 4.54. The van der Waals surface area contributed by atoms with Crippen molar-refractivity contribution in [2.45, 2.75) is 26.4 Å². The fraction of sp³-hybridized carbons (Fsp3) is 0.538. The van der Waals surface area contributed by atoms with Gasteiger partial charge in [0.1, 0.15) is 0 Å². The van der Waals surface area contributed by atoms with Crippen LogP contribution in [0.2, 0.25) is 5.02 Å². The van der Waals surface area contributed by atoms with Crippen molar-refractivity contribution in [1.29, 1.82) is 0 Å². The number of hydrogen-bond acceptors (Lipinski definition) is 3. The lowest BCUT2D eigenvalue weighted by Gasteiger charge is -2.21. The van der Waals surface area contributed by atoms with Crippen LogP contribution in [-0.4, -0.2) is 29.7 Å². The Labute approximate surface area is 108 Å². The predicted octanol–water partition coefficient (Wildman–Crippen LogP) is 2.00. The molecular weight excluding hydrogens is 236 g/mol. The lowest BCUT2D eigenvalue weighted by atomic mass is 10.1. The van der Waals surface area contributed by atoms with Crippen molar-refractivity contribution in [3.63, 3.8) is 0 Å². The third-order valence-corrected chi connectivity index (χ3v) is 3.06. The van der Waals surface area contributed by atoms with Crippen LogP contribution in [0.4, 0.5) is 0 Å². The molecular formula is C13H21ClN2O. The van der Waals surface area contributed by atoms with E-state index in [0.717, 1.165) is 35.7 Å². The van der Waals surface area contributed by atoms with Gasteiger partial charge in [-0.3, -0.25) is 4.90 Å². The van der Waals surface area contributed by atoms with Gasteiger partial charge in [0.25, 0.3) is 0 Å². The smallest absolute Gasteiger partial charge is 0.0558 e. The van der Waals surface area contributed by atoms with Gasteiger partial charge in [-0.15, -0.1) is 0 Å². The highest BCUT2D eigenvalue weighted by atomic mass is 35.5. The molecule has 0 aromatic heterocycles. The molecule has 96 valence electrons. The van der Waals surface area contributed by atoms with Crippen molar-refractivity contribution in [3.8, 4) is 0 Å². The standard InChI is InChI=1S/C13H21ClN2O/c1-2-5-16(6-7-17)10-12-4-3-11(9-15)8-13(12)14/h3-4,8,17H,2,5-7,9-10,15H2,1H3. The molecule has 4 heteroatoms. The Morgan fingerprint density at radius 1 is 1.35 bits per heavy atom. The van der Waals surface area contributed by atoms with Crippen LogP contribution in [0, 0.1) is 0 Å². The molecule has 0 saturated heterocycles. The van der Waals surface area contributed by atoms with E-state index in [-0.39, 0.29) is 6.61 Å². The van der Waals surface area contributed by atoms with E-state index in [2.05, 4.69) is 11.8 Å². The summed E-state index contributed by atoms with van der Waals surface area (Å²) < 4.78 is 0. The van der Waals surface area contributed by atoms with Crippen molar-refractivity contribution in [3.05, 3.63) is 34.3 Å². The molecule has 17 heavy (non-hydrogen) atoms. The van der Waals surface area contributed by atoms with Gasteiger partial charge in [-0.1, -0.05) is 30.7 Å². The first-order chi connectivity index (χ1) is 8.21. The summed E-state index contributed by atoms with van der Waals surface area (Å²) in [4.78, 5) is 2.20. The van der Waals surface area contributed by atoms with Crippen LogP contribution < -0.4 is 5.73 Å². The van der Waals surface area contributed by atoms with Gasteiger partial charge in [-0.05, 0) is 30.2 Å². The third kappa shape index (κ3) is 4.64. The third-order valence-electron chi connectivity index (χ3n) is 2.70. The molecule has 1 rings (SSSR count). The average Bonchev–Trinajstić information content (AvgIpc) is 2.32. The zero-order chi connectivity index (χ0) is 12.7. The van der Waals surface area contributed by atoms with Crippen molar-refractivity contribution >= 4 is 11.6 Å². The second kappa shape index (κ2) is 7.67. The molecule has 0 unspecified atom stereocenters. The van der Waals surface area contributed by atoms with E-state index >= 15 is 0 Å². The van der Waals surface area contributed by atoms with Crippen molar-refractivity contribution in [2.24, 2.45) is 5.73 Å². The average molecular weight is 257 g/mol. The highest BCUT2D eigenvalue weighted by molar-refractivity contribution is 6.31. The summed E-state index contributed by atoms with van der Waals surface area (Å²) in [6.07, 6.45) is 1.07. The van der Waals surface area contributed by atoms with Crippen molar-refractivity contribution < 1.29 is 5.11 Å². The molecule has 0 spiro atoms. The molecule has 0 bridgehead atoms. The summed E-state index contributed by atoms with van der Waals surface area (Å²) in [6, 6.07) is 5.94. The number of hydrogen-bond donors (Lipinski definition) is 2. The lowest BCUT2D eigenvalue weighted by Crippen LogP contribution is -2.27. The largest absolute Gasteiger partial charge is 0.395 e. The summed E-state index contributed by atoms with van der Waals surface area (Å²) in [5, 5.41) is 9.76. The number of aliphatic hydroxyl groups excluding tert-OH is 1. The molecule has 0 aliphatic carbocycles. The van der Waals surface area contributed by atoms with E-state index in [0.29, 0.717) is 13.1 Å². The fourth-order valence-corrected chi connectivity index (χ4v) is 2.08. The molecule has 0 radical (unpaired) electrons. The van der Waals surface area contributed by atoms with Gasteiger partial charge >= 0.3 is 0 Å². The normalized spacial score (nSPS) is 11.1. The monoisotopic (exact) mass is 256 g/mol. The van der Waals surface area contributed by atoms with Crippen LogP contribution in [0.5, 0.6) is 0 Å². The number of halogens is 1. The second-order valence-electron chi connectivity index (χ2n) is 4.13. The van der Waals surface area contributed by atoms with Crippen LogP contribution in [0.25, 0.3) is 0 Å². The minimum Gasteiger partial charge on any atom is -0.395 e. The molecule has 0 fully saturated rings.